The van der Waals surface area contributed by atoms with Crippen LogP contribution in [0.3, 0.4) is 0 Å². The summed E-state index contributed by atoms with van der Waals surface area (Å²) in [4.78, 5) is 27.2. The van der Waals surface area contributed by atoms with Gasteiger partial charge in [-0.3, -0.25) is 4.79 Å². The van der Waals surface area contributed by atoms with Crippen LogP contribution in [0.1, 0.15) is 62.4 Å². The fourth-order valence-corrected chi connectivity index (χ4v) is 4.04. The predicted molar refractivity (Wildman–Crippen MR) is 93.1 cm³/mol. The van der Waals surface area contributed by atoms with Crippen molar-refractivity contribution in [3.05, 3.63) is 35.4 Å². The summed E-state index contributed by atoms with van der Waals surface area (Å²) in [5.74, 6) is 0.238. The maximum atomic E-state index is 12.8. The Hall–Kier alpha value is -1.84. The molecule has 0 spiro atoms. The van der Waals surface area contributed by atoms with Crippen LogP contribution in [0.25, 0.3) is 0 Å². The SMILES string of the molecule is Cc1cccc(C(=O)C2CC3CCC(C2)N3C(=O)OC(C)(C)C)c1. The van der Waals surface area contributed by atoms with Gasteiger partial charge in [0.2, 0.25) is 0 Å². The number of hydrogen-bond acceptors (Lipinski definition) is 3. The van der Waals surface area contributed by atoms with Crippen LogP contribution in [0.2, 0.25) is 0 Å². The number of carbonyl (C=O) groups is 2. The minimum absolute atomic E-state index is 0.0167. The fraction of sp³-hybridized carbons (Fsp3) is 0.600. The molecule has 2 fully saturated rings. The van der Waals surface area contributed by atoms with Crippen LogP contribution in [0.4, 0.5) is 4.79 Å². The highest BCUT2D eigenvalue weighted by molar-refractivity contribution is 5.98. The third-order valence-corrected chi connectivity index (χ3v) is 5.01. The number of nitrogens with zero attached hydrogens (tertiary/aromatic N) is 1. The highest BCUT2D eigenvalue weighted by Crippen LogP contribution is 2.40. The molecule has 2 bridgehead atoms. The first kappa shape index (κ1) is 17.0. The lowest BCUT2D eigenvalue weighted by molar-refractivity contribution is 0.00254. The van der Waals surface area contributed by atoms with Crippen molar-refractivity contribution in [1.29, 1.82) is 0 Å². The van der Waals surface area contributed by atoms with Crippen LogP contribution in [0, 0.1) is 12.8 Å². The minimum atomic E-state index is -0.481. The third-order valence-electron chi connectivity index (χ3n) is 5.01. The summed E-state index contributed by atoms with van der Waals surface area (Å²) < 4.78 is 5.56. The topological polar surface area (TPSA) is 46.6 Å². The lowest BCUT2D eigenvalue weighted by Crippen LogP contribution is -2.49. The number of fused-ring (bicyclic) bond motifs is 2. The second-order valence-electron chi connectivity index (χ2n) is 8.17. The standard InChI is InChI=1S/C20H27NO3/c1-13-6-5-7-14(10-13)18(22)15-11-16-8-9-17(12-15)21(16)19(23)24-20(2,3)4/h5-7,10,15-17H,8-9,11-12H2,1-4H3. The number of hydrogen-bond donors (Lipinski definition) is 0. The van der Waals surface area contributed by atoms with Gasteiger partial charge in [-0.15, -0.1) is 0 Å². The number of rotatable bonds is 2. The van der Waals surface area contributed by atoms with Crippen molar-refractivity contribution < 1.29 is 14.3 Å². The zero-order valence-corrected chi connectivity index (χ0v) is 15.0. The molecule has 3 rings (SSSR count). The molecule has 1 aromatic carbocycles. The van der Waals surface area contributed by atoms with Gasteiger partial charge >= 0.3 is 6.09 Å². The zero-order valence-electron chi connectivity index (χ0n) is 15.0. The number of benzene rings is 1. The van der Waals surface area contributed by atoms with Gasteiger partial charge in [0.25, 0.3) is 0 Å². The molecule has 1 aromatic rings. The van der Waals surface area contributed by atoms with E-state index in [4.69, 9.17) is 4.74 Å². The highest BCUT2D eigenvalue weighted by Gasteiger charge is 2.46. The predicted octanol–water partition coefficient (Wildman–Crippen LogP) is 4.36. The van der Waals surface area contributed by atoms with Crippen molar-refractivity contribution in [2.75, 3.05) is 0 Å². The van der Waals surface area contributed by atoms with Crippen LogP contribution in [0.15, 0.2) is 24.3 Å². The summed E-state index contributed by atoms with van der Waals surface area (Å²) in [5.41, 5.74) is 1.42. The summed E-state index contributed by atoms with van der Waals surface area (Å²) in [6.45, 7) is 7.67. The monoisotopic (exact) mass is 329 g/mol. The summed E-state index contributed by atoms with van der Waals surface area (Å²) in [5, 5.41) is 0. The number of amides is 1. The van der Waals surface area contributed by atoms with E-state index in [-0.39, 0.29) is 29.9 Å². The minimum Gasteiger partial charge on any atom is -0.444 e. The van der Waals surface area contributed by atoms with Crippen molar-refractivity contribution in [2.45, 2.75) is 71.1 Å². The zero-order chi connectivity index (χ0) is 17.5. The lowest BCUT2D eigenvalue weighted by Gasteiger charge is -2.39. The van der Waals surface area contributed by atoms with E-state index < -0.39 is 5.60 Å². The van der Waals surface area contributed by atoms with Crippen LogP contribution >= 0.6 is 0 Å². The molecule has 0 saturated carbocycles. The van der Waals surface area contributed by atoms with Crippen molar-refractivity contribution in [1.82, 2.24) is 4.90 Å². The van der Waals surface area contributed by atoms with Gasteiger partial charge < -0.3 is 9.64 Å². The Morgan fingerprint density at radius 3 is 2.29 bits per heavy atom. The van der Waals surface area contributed by atoms with Crippen molar-refractivity contribution in [3.63, 3.8) is 0 Å². The van der Waals surface area contributed by atoms with E-state index in [9.17, 15) is 9.59 Å². The van der Waals surface area contributed by atoms with Gasteiger partial charge in [0.05, 0.1) is 0 Å². The molecule has 4 nitrogen and oxygen atoms in total. The van der Waals surface area contributed by atoms with Gasteiger partial charge in [-0.1, -0.05) is 23.8 Å². The number of piperidine rings is 1. The van der Waals surface area contributed by atoms with Crippen molar-refractivity contribution >= 4 is 11.9 Å². The lowest BCUT2D eigenvalue weighted by atomic mass is 9.84. The van der Waals surface area contributed by atoms with E-state index in [1.807, 2.05) is 56.9 Å². The molecule has 24 heavy (non-hydrogen) atoms. The smallest absolute Gasteiger partial charge is 0.410 e. The molecule has 2 heterocycles. The highest BCUT2D eigenvalue weighted by atomic mass is 16.6. The molecule has 0 N–H and O–H groups in total. The second-order valence-corrected chi connectivity index (χ2v) is 8.17. The van der Waals surface area contributed by atoms with E-state index in [0.29, 0.717) is 0 Å². The normalized spacial score (nSPS) is 26.3. The average molecular weight is 329 g/mol. The van der Waals surface area contributed by atoms with E-state index in [1.165, 1.54) is 0 Å². The summed E-state index contributed by atoms with van der Waals surface area (Å²) in [6, 6.07) is 8.08. The number of Topliss-reactive ketones (excluding diaryl/α,β-unsaturated/α-hetero) is 1. The quantitative estimate of drug-likeness (QED) is 0.758. The molecule has 2 aliphatic rings. The Labute approximate surface area is 144 Å². The molecular formula is C20H27NO3. The van der Waals surface area contributed by atoms with Crippen molar-refractivity contribution in [3.8, 4) is 0 Å². The first-order valence-corrected chi connectivity index (χ1v) is 8.87. The van der Waals surface area contributed by atoms with Crippen LogP contribution in [-0.2, 0) is 4.74 Å². The van der Waals surface area contributed by atoms with Crippen LogP contribution in [-0.4, -0.2) is 34.5 Å². The number of ether oxygens (including phenoxy) is 1. The molecule has 2 saturated heterocycles. The average Bonchev–Trinajstić information content (AvgIpc) is 2.75. The van der Waals surface area contributed by atoms with Gasteiger partial charge in [-0.25, -0.2) is 4.79 Å². The summed E-state index contributed by atoms with van der Waals surface area (Å²) in [7, 11) is 0. The molecular weight excluding hydrogens is 302 g/mol. The molecule has 2 atom stereocenters. The number of ketones is 1. The Morgan fingerprint density at radius 2 is 1.75 bits per heavy atom. The Bertz CT molecular complexity index is 633. The van der Waals surface area contributed by atoms with Gasteiger partial charge in [0.15, 0.2) is 5.78 Å². The Morgan fingerprint density at radius 1 is 1.12 bits per heavy atom. The molecule has 0 radical (unpaired) electrons. The van der Waals surface area contributed by atoms with Crippen LogP contribution < -0.4 is 0 Å². The summed E-state index contributed by atoms with van der Waals surface area (Å²) >= 11 is 0. The van der Waals surface area contributed by atoms with Gasteiger partial charge in [0.1, 0.15) is 5.60 Å². The molecule has 0 aliphatic carbocycles. The second kappa shape index (κ2) is 6.23. The Kier molecular flexibility index (Phi) is 4.41. The van der Waals surface area contributed by atoms with E-state index in [1.54, 1.807) is 0 Å². The molecule has 130 valence electrons. The molecule has 4 heteroatoms. The van der Waals surface area contributed by atoms with Crippen molar-refractivity contribution in [2.24, 2.45) is 5.92 Å². The fourth-order valence-electron chi connectivity index (χ4n) is 4.04. The first-order valence-electron chi connectivity index (χ1n) is 8.87. The van der Waals surface area contributed by atoms with E-state index in [2.05, 4.69) is 0 Å². The first-order chi connectivity index (χ1) is 11.2. The number of carbonyl (C=O) groups excluding carboxylic acids is 2. The van der Waals surface area contributed by atoms with Gasteiger partial charge in [0, 0.05) is 23.6 Å². The third kappa shape index (κ3) is 3.47. The largest absolute Gasteiger partial charge is 0.444 e. The van der Waals surface area contributed by atoms with Gasteiger partial charge in [-0.2, -0.15) is 0 Å². The maximum Gasteiger partial charge on any atom is 0.410 e. The maximum absolute atomic E-state index is 12.8. The molecule has 0 aromatic heterocycles. The van der Waals surface area contributed by atoms with Crippen LogP contribution in [0.5, 0.6) is 0 Å². The van der Waals surface area contributed by atoms with E-state index in [0.717, 1.165) is 36.8 Å². The molecule has 2 aliphatic heterocycles. The Balaban J connectivity index is 1.71. The summed E-state index contributed by atoms with van der Waals surface area (Å²) in [6.07, 6.45) is 3.23. The number of aryl methyl sites for hydroxylation is 1. The molecule has 1 amide bonds. The molecule has 2 unspecified atom stereocenters. The van der Waals surface area contributed by atoms with Gasteiger partial charge in [-0.05, 0) is 59.4 Å². The van der Waals surface area contributed by atoms with E-state index >= 15 is 0 Å².